The second-order valence-corrected chi connectivity index (χ2v) is 10.6. The molecule has 3 aromatic rings. The maximum Gasteiger partial charge on any atom is 0.228 e. The van der Waals surface area contributed by atoms with Crippen molar-refractivity contribution in [2.75, 3.05) is 62.5 Å². The van der Waals surface area contributed by atoms with E-state index in [9.17, 15) is 9.90 Å². The number of rotatable bonds is 7. The molecule has 11 nitrogen and oxygen atoms in total. The Balaban J connectivity index is 1.38. The van der Waals surface area contributed by atoms with E-state index in [1.54, 1.807) is 38.4 Å². The first-order valence-corrected chi connectivity index (χ1v) is 13.1. The van der Waals surface area contributed by atoms with Crippen LogP contribution in [-0.2, 0) is 9.53 Å². The van der Waals surface area contributed by atoms with Crippen LogP contribution in [0, 0.1) is 5.92 Å². The van der Waals surface area contributed by atoms with Crippen molar-refractivity contribution in [3.05, 3.63) is 36.4 Å². The zero-order valence-corrected chi connectivity index (χ0v) is 22.6. The monoisotopic (exact) mass is 520 g/mol. The van der Waals surface area contributed by atoms with Crippen molar-refractivity contribution >= 4 is 40.0 Å². The fourth-order valence-electron chi connectivity index (χ4n) is 5.19. The SMILES string of the molecule is CO[C@@H]1CCN(c2nccc(Nc3cc4c(C(C)C)ncc(N5CC(C(=O)N(C)C)C5)c4cn3)n2)C[C@@H]1O. The number of amides is 1. The van der Waals surface area contributed by atoms with E-state index < -0.39 is 6.10 Å². The maximum absolute atomic E-state index is 12.3. The quantitative estimate of drug-likeness (QED) is 0.480. The average Bonchev–Trinajstić information content (AvgIpc) is 2.87. The van der Waals surface area contributed by atoms with Crippen LogP contribution in [0.5, 0.6) is 0 Å². The number of piperidine rings is 1. The topological polar surface area (TPSA) is 120 Å². The minimum atomic E-state index is -0.588. The number of nitrogens with one attached hydrogen (secondary N) is 1. The van der Waals surface area contributed by atoms with Crippen molar-refractivity contribution in [3.63, 3.8) is 0 Å². The molecule has 2 aliphatic heterocycles. The van der Waals surface area contributed by atoms with Gasteiger partial charge in [-0.3, -0.25) is 9.78 Å². The summed E-state index contributed by atoms with van der Waals surface area (Å²) in [5.41, 5.74) is 1.99. The molecule has 0 spiro atoms. The lowest BCUT2D eigenvalue weighted by molar-refractivity contribution is -0.133. The highest BCUT2D eigenvalue weighted by Crippen LogP contribution is 2.35. The lowest BCUT2D eigenvalue weighted by Crippen LogP contribution is -2.53. The summed E-state index contributed by atoms with van der Waals surface area (Å²) in [6.07, 6.45) is 5.43. The van der Waals surface area contributed by atoms with Crippen molar-refractivity contribution in [1.29, 1.82) is 0 Å². The molecule has 2 fully saturated rings. The Labute approximate surface area is 222 Å². The first-order valence-electron chi connectivity index (χ1n) is 13.1. The zero-order valence-electron chi connectivity index (χ0n) is 22.6. The highest BCUT2D eigenvalue weighted by atomic mass is 16.5. The third-order valence-corrected chi connectivity index (χ3v) is 7.35. The number of β-amino-alcohol motifs (C(OH)–C–C–N with tert-alkyl or cyclic N) is 1. The Bertz CT molecular complexity index is 1310. The van der Waals surface area contributed by atoms with Crippen molar-refractivity contribution in [2.24, 2.45) is 5.92 Å². The Hall–Kier alpha value is -3.57. The average molecular weight is 521 g/mol. The van der Waals surface area contributed by atoms with E-state index in [1.807, 2.05) is 23.4 Å². The lowest BCUT2D eigenvalue weighted by atomic mass is 9.96. The lowest BCUT2D eigenvalue weighted by Gasteiger charge is -2.41. The molecule has 2 saturated heterocycles. The van der Waals surface area contributed by atoms with Gasteiger partial charge in [0, 0.05) is 70.6 Å². The van der Waals surface area contributed by atoms with Gasteiger partial charge in [-0.25, -0.2) is 9.97 Å². The fourth-order valence-corrected chi connectivity index (χ4v) is 5.19. The van der Waals surface area contributed by atoms with Gasteiger partial charge in [0.15, 0.2) is 0 Å². The molecule has 2 N–H and O–H groups in total. The van der Waals surface area contributed by atoms with Gasteiger partial charge in [0.2, 0.25) is 11.9 Å². The number of carbonyl (C=O) groups is 1. The van der Waals surface area contributed by atoms with E-state index in [0.29, 0.717) is 50.2 Å². The summed E-state index contributed by atoms with van der Waals surface area (Å²) in [6, 6.07) is 3.81. The molecule has 5 heterocycles. The van der Waals surface area contributed by atoms with Crippen LogP contribution in [0.2, 0.25) is 0 Å². The number of hydrogen-bond acceptors (Lipinski definition) is 10. The Kier molecular flexibility index (Phi) is 7.31. The third-order valence-electron chi connectivity index (χ3n) is 7.35. The van der Waals surface area contributed by atoms with E-state index in [2.05, 4.69) is 34.0 Å². The summed E-state index contributed by atoms with van der Waals surface area (Å²) < 4.78 is 5.35. The first kappa shape index (κ1) is 26.1. The Morgan fingerprint density at radius 3 is 2.58 bits per heavy atom. The summed E-state index contributed by atoms with van der Waals surface area (Å²) in [7, 11) is 5.22. The van der Waals surface area contributed by atoms with Crippen molar-refractivity contribution in [3.8, 4) is 0 Å². The summed E-state index contributed by atoms with van der Waals surface area (Å²) in [5, 5.41) is 15.7. The number of nitrogens with zero attached hydrogens (tertiary/aromatic N) is 7. The van der Waals surface area contributed by atoms with Gasteiger partial charge in [-0.2, -0.15) is 4.98 Å². The van der Waals surface area contributed by atoms with Crippen LogP contribution in [-0.4, -0.2) is 95.4 Å². The number of fused-ring (bicyclic) bond motifs is 1. The molecule has 0 bridgehead atoms. The Morgan fingerprint density at radius 2 is 1.89 bits per heavy atom. The highest BCUT2D eigenvalue weighted by molar-refractivity contribution is 5.97. The summed E-state index contributed by atoms with van der Waals surface area (Å²) in [4.78, 5) is 36.7. The van der Waals surface area contributed by atoms with Crippen LogP contribution >= 0.6 is 0 Å². The van der Waals surface area contributed by atoms with Gasteiger partial charge in [-0.15, -0.1) is 0 Å². The number of ether oxygens (including phenoxy) is 1. The second kappa shape index (κ2) is 10.7. The van der Waals surface area contributed by atoms with E-state index >= 15 is 0 Å². The summed E-state index contributed by atoms with van der Waals surface area (Å²) >= 11 is 0. The highest BCUT2D eigenvalue weighted by Gasteiger charge is 2.35. The molecule has 2 atom stereocenters. The van der Waals surface area contributed by atoms with E-state index in [0.717, 1.165) is 22.2 Å². The van der Waals surface area contributed by atoms with Gasteiger partial charge in [-0.1, -0.05) is 13.8 Å². The number of anilines is 4. The van der Waals surface area contributed by atoms with E-state index in [4.69, 9.17) is 14.7 Å². The second-order valence-electron chi connectivity index (χ2n) is 10.6. The third kappa shape index (κ3) is 5.08. The first-order chi connectivity index (χ1) is 18.2. The van der Waals surface area contributed by atoms with Gasteiger partial charge in [0.25, 0.3) is 0 Å². The zero-order chi connectivity index (χ0) is 27.0. The molecule has 202 valence electrons. The van der Waals surface area contributed by atoms with Gasteiger partial charge in [-0.05, 0) is 24.5 Å². The smallest absolute Gasteiger partial charge is 0.228 e. The maximum atomic E-state index is 12.3. The van der Waals surface area contributed by atoms with Crippen LogP contribution in [0.3, 0.4) is 0 Å². The molecule has 0 radical (unpaired) electrons. The normalized spacial score (nSPS) is 20.1. The minimum Gasteiger partial charge on any atom is -0.389 e. The molecular weight excluding hydrogens is 484 g/mol. The van der Waals surface area contributed by atoms with Gasteiger partial charge < -0.3 is 29.9 Å². The fraction of sp³-hybridized carbons (Fsp3) is 0.519. The van der Waals surface area contributed by atoms with Crippen LogP contribution in [0.15, 0.2) is 30.7 Å². The van der Waals surface area contributed by atoms with E-state index in [-0.39, 0.29) is 23.8 Å². The molecule has 0 unspecified atom stereocenters. The Morgan fingerprint density at radius 1 is 1.11 bits per heavy atom. The number of aliphatic hydroxyl groups excluding tert-OH is 1. The number of methoxy groups -OCH3 is 1. The van der Waals surface area contributed by atoms with Crippen molar-refractivity contribution in [2.45, 2.75) is 38.4 Å². The molecule has 11 heteroatoms. The summed E-state index contributed by atoms with van der Waals surface area (Å²) in [6.45, 7) is 6.73. The molecule has 1 amide bonds. The molecule has 0 saturated carbocycles. The molecule has 2 aliphatic rings. The number of aromatic nitrogens is 4. The van der Waals surface area contributed by atoms with Crippen LogP contribution in [0.1, 0.15) is 31.9 Å². The van der Waals surface area contributed by atoms with Gasteiger partial charge in [0.05, 0.1) is 35.7 Å². The number of pyridine rings is 2. The van der Waals surface area contributed by atoms with Gasteiger partial charge >= 0.3 is 0 Å². The molecule has 0 aliphatic carbocycles. The number of carbonyl (C=O) groups excluding carboxylic acids is 1. The largest absolute Gasteiger partial charge is 0.389 e. The van der Waals surface area contributed by atoms with E-state index in [1.165, 1.54) is 0 Å². The van der Waals surface area contributed by atoms with Crippen molar-refractivity contribution < 1.29 is 14.6 Å². The summed E-state index contributed by atoms with van der Waals surface area (Å²) in [5.74, 6) is 2.22. The molecule has 0 aromatic carbocycles. The van der Waals surface area contributed by atoms with Crippen LogP contribution < -0.4 is 15.1 Å². The molecular formula is C27H36N8O3. The number of aliphatic hydroxyl groups is 1. The van der Waals surface area contributed by atoms with Crippen LogP contribution in [0.4, 0.5) is 23.3 Å². The van der Waals surface area contributed by atoms with Gasteiger partial charge in [0.1, 0.15) is 11.6 Å². The molecule has 3 aromatic heterocycles. The predicted molar refractivity (Wildman–Crippen MR) is 147 cm³/mol. The number of hydrogen-bond donors (Lipinski definition) is 2. The predicted octanol–water partition coefficient (Wildman–Crippen LogP) is 2.40. The standard InChI is InChI=1S/C27H36N8O3/c1-16(2)25-18-10-24(29-11-19(18)20(12-30-25)35-13-17(14-35)26(37)33(3)4)31-23-6-8-28-27(32-23)34-9-7-22(38-5)21(36)15-34/h6,8,10-12,16-17,21-22,36H,7,9,13-15H2,1-5H3,(H,28,29,31,32)/t21-,22+/m0/s1. The molecule has 5 rings (SSSR count). The minimum absolute atomic E-state index is 0.00656. The molecule has 38 heavy (non-hydrogen) atoms. The van der Waals surface area contributed by atoms with Crippen LogP contribution in [0.25, 0.3) is 10.8 Å². The van der Waals surface area contributed by atoms with Crippen molar-refractivity contribution in [1.82, 2.24) is 24.8 Å².